The predicted octanol–water partition coefficient (Wildman–Crippen LogP) is 2.13. The van der Waals surface area contributed by atoms with E-state index >= 15 is 0 Å². The van der Waals surface area contributed by atoms with E-state index in [2.05, 4.69) is 20.6 Å². The van der Waals surface area contributed by atoms with Crippen molar-refractivity contribution in [3.8, 4) is 11.3 Å². The van der Waals surface area contributed by atoms with E-state index in [1.807, 2.05) is 13.1 Å². The van der Waals surface area contributed by atoms with Crippen molar-refractivity contribution in [3.63, 3.8) is 0 Å². The van der Waals surface area contributed by atoms with Crippen LogP contribution in [0.2, 0.25) is 0 Å². The fraction of sp³-hybridized carbons (Fsp3) is 0.500. The van der Waals surface area contributed by atoms with Gasteiger partial charge in [-0.2, -0.15) is 0 Å². The number of aromatic carboxylic acids is 1. The molecular weight excluding hydrogens is 318 g/mol. The summed E-state index contributed by atoms with van der Waals surface area (Å²) in [5.41, 5.74) is 4.90. The molecule has 2 aromatic heterocycles. The predicted molar refractivity (Wildman–Crippen MR) is 95.1 cm³/mol. The van der Waals surface area contributed by atoms with Crippen LogP contribution in [-0.2, 0) is 12.8 Å². The summed E-state index contributed by atoms with van der Waals surface area (Å²) in [6.45, 7) is 3.83. The summed E-state index contributed by atoms with van der Waals surface area (Å²) in [7, 11) is 0. The van der Waals surface area contributed by atoms with Gasteiger partial charge in [0.05, 0.1) is 5.69 Å². The Hall–Kier alpha value is -2.41. The molecule has 2 aromatic rings. The highest BCUT2D eigenvalue weighted by Gasteiger charge is 2.25. The van der Waals surface area contributed by atoms with Gasteiger partial charge in [0.25, 0.3) is 0 Å². The van der Waals surface area contributed by atoms with E-state index in [1.54, 1.807) is 0 Å². The zero-order valence-corrected chi connectivity index (χ0v) is 14.4. The number of H-pyrrole nitrogens is 1. The van der Waals surface area contributed by atoms with Gasteiger partial charge < -0.3 is 20.7 Å². The molecule has 4 N–H and O–H groups in total. The number of piperidine rings is 1. The van der Waals surface area contributed by atoms with Crippen molar-refractivity contribution in [2.45, 2.75) is 45.1 Å². The highest BCUT2D eigenvalue weighted by Crippen LogP contribution is 2.35. The lowest BCUT2D eigenvalue weighted by molar-refractivity contribution is 0.0690. The number of hydrogen-bond donors (Lipinski definition) is 4. The van der Waals surface area contributed by atoms with Crippen molar-refractivity contribution < 1.29 is 9.90 Å². The van der Waals surface area contributed by atoms with Crippen LogP contribution in [0.25, 0.3) is 11.3 Å². The minimum Gasteiger partial charge on any atom is -0.477 e. The summed E-state index contributed by atoms with van der Waals surface area (Å²) in [5.74, 6) is -0.300. The first-order chi connectivity index (χ1) is 12.1. The summed E-state index contributed by atoms with van der Waals surface area (Å²) in [6, 6.07) is 0.332. The fourth-order valence-corrected chi connectivity index (χ4v) is 3.87. The number of carbonyl (C=O) groups is 1. The van der Waals surface area contributed by atoms with Crippen LogP contribution in [0.5, 0.6) is 0 Å². The number of carboxylic acids is 1. The van der Waals surface area contributed by atoms with Gasteiger partial charge in [-0.05, 0) is 56.7 Å². The van der Waals surface area contributed by atoms with Gasteiger partial charge in [0, 0.05) is 30.0 Å². The molecule has 1 aliphatic heterocycles. The fourth-order valence-electron chi connectivity index (χ4n) is 3.87. The molecule has 0 bridgehead atoms. The molecule has 7 heteroatoms. The second kappa shape index (κ2) is 6.48. The van der Waals surface area contributed by atoms with E-state index in [0.29, 0.717) is 12.0 Å². The highest BCUT2D eigenvalue weighted by atomic mass is 16.4. The van der Waals surface area contributed by atoms with Crippen molar-refractivity contribution in [3.05, 3.63) is 28.7 Å². The van der Waals surface area contributed by atoms with Crippen LogP contribution < -0.4 is 10.6 Å². The van der Waals surface area contributed by atoms with Crippen molar-refractivity contribution in [2.75, 3.05) is 18.4 Å². The number of anilines is 1. The van der Waals surface area contributed by atoms with Crippen LogP contribution in [-0.4, -0.2) is 45.2 Å². The first kappa shape index (κ1) is 16.1. The van der Waals surface area contributed by atoms with Gasteiger partial charge in [-0.1, -0.05) is 0 Å². The number of nitrogens with zero attached hydrogens (tertiary/aromatic N) is 2. The van der Waals surface area contributed by atoms with E-state index in [4.69, 9.17) is 4.98 Å². The molecule has 1 saturated heterocycles. The molecular formula is C18H23N5O2. The smallest absolute Gasteiger partial charge is 0.352 e. The minimum atomic E-state index is -0.923. The second-order valence-electron chi connectivity index (χ2n) is 6.89. The lowest BCUT2D eigenvalue weighted by Gasteiger charge is -2.24. The summed E-state index contributed by atoms with van der Waals surface area (Å²) >= 11 is 0. The van der Waals surface area contributed by atoms with Crippen LogP contribution in [0, 0.1) is 6.92 Å². The minimum absolute atomic E-state index is 0.266. The van der Waals surface area contributed by atoms with E-state index < -0.39 is 5.97 Å². The van der Waals surface area contributed by atoms with E-state index in [0.717, 1.165) is 73.3 Å². The number of rotatable bonds is 3. The van der Waals surface area contributed by atoms with Crippen LogP contribution in [0.15, 0.2) is 6.20 Å². The Morgan fingerprint density at radius 3 is 3.00 bits per heavy atom. The number of hydrogen-bond acceptors (Lipinski definition) is 5. The SMILES string of the molecule is Cc1c(C(=O)O)[nH]c2c1-c1nc(N[C@H]3CCCNC3)ncc1CCC2. The molecule has 4 rings (SSSR count). The van der Waals surface area contributed by atoms with Crippen molar-refractivity contribution in [1.82, 2.24) is 20.3 Å². The van der Waals surface area contributed by atoms with Crippen LogP contribution in [0.1, 0.15) is 46.6 Å². The highest BCUT2D eigenvalue weighted by molar-refractivity contribution is 5.91. The average Bonchev–Trinajstić information content (AvgIpc) is 2.82. The Bertz CT molecular complexity index is 808. The molecule has 1 fully saturated rings. The summed E-state index contributed by atoms with van der Waals surface area (Å²) < 4.78 is 0. The number of nitrogens with one attached hydrogen (secondary N) is 3. The van der Waals surface area contributed by atoms with Gasteiger partial charge >= 0.3 is 5.97 Å². The molecule has 3 heterocycles. The first-order valence-corrected chi connectivity index (χ1v) is 8.91. The van der Waals surface area contributed by atoms with Crippen LogP contribution >= 0.6 is 0 Å². The van der Waals surface area contributed by atoms with Crippen molar-refractivity contribution in [1.29, 1.82) is 0 Å². The van der Waals surface area contributed by atoms with Crippen LogP contribution in [0.3, 0.4) is 0 Å². The van der Waals surface area contributed by atoms with Crippen molar-refractivity contribution >= 4 is 11.9 Å². The van der Waals surface area contributed by atoms with E-state index in [9.17, 15) is 9.90 Å². The summed E-state index contributed by atoms with van der Waals surface area (Å²) in [5, 5.41) is 16.2. The maximum absolute atomic E-state index is 11.5. The maximum atomic E-state index is 11.5. The Balaban J connectivity index is 1.73. The topological polar surface area (TPSA) is 103 Å². The number of fused-ring (bicyclic) bond motifs is 3. The zero-order valence-electron chi connectivity index (χ0n) is 14.4. The van der Waals surface area contributed by atoms with Gasteiger partial charge in [0.15, 0.2) is 0 Å². The monoisotopic (exact) mass is 341 g/mol. The van der Waals surface area contributed by atoms with E-state index in [1.165, 1.54) is 0 Å². The van der Waals surface area contributed by atoms with Gasteiger partial charge in [-0.25, -0.2) is 14.8 Å². The lowest BCUT2D eigenvalue weighted by atomic mass is 10.0. The average molecular weight is 341 g/mol. The second-order valence-corrected chi connectivity index (χ2v) is 6.89. The molecule has 1 atom stereocenters. The van der Waals surface area contributed by atoms with Gasteiger partial charge in [0.2, 0.25) is 5.95 Å². The maximum Gasteiger partial charge on any atom is 0.352 e. The number of aromatic nitrogens is 3. The molecule has 0 spiro atoms. The Morgan fingerprint density at radius 1 is 1.36 bits per heavy atom. The Morgan fingerprint density at radius 2 is 2.24 bits per heavy atom. The molecule has 7 nitrogen and oxygen atoms in total. The molecule has 132 valence electrons. The summed E-state index contributed by atoms with van der Waals surface area (Å²) in [6.07, 6.45) is 6.83. The zero-order chi connectivity index (χ0) is 17.4. The third kappa shape index (κ3) is 3.00. The summed E-state index contributed by atoms with van der Waals surface area (Å²) in [4.78, 5) is 23.9. The van der Waals surface area contributed by atoms with Crippen molar-refractivity contribution in [2.24, 2.45) is 0 Å². The third-order valence-corrected chi connectivity index (χ3v) is 5.15. The molecule has 25 heavy (non-hydrogen) atoms. The van der Waals surface area contributed by atoms with Gasteiger partial charge in [-0.15, -0.1) is 0 Å². The number of carboxylic acid groups (broad SMARTS) is 1. The van der Waals surface area contributed by atoms with Crippen LogP contribution in [0.4, 0.5) is 5.95 Å². The lowest BCUT2D eigenvalue weighted by Crippen LogP contribution is -2.38. The third-order valence-electron chi connectivity index (χ3n) is 5.15. The van der Waals surface area contributed by atoms with E-state index in [-0.39, 0.29) is 5.69 Å². The normalized spacial score (nSPS) is 19.6. The molecule has 1 aliphatic carbocycles. The molecule has 0 amide bonds. The molecule has 2 aliphatic rings. The Labute approximate surface area is 146 Å². The molecule has 0 unspecified atom stereocenters. The molecule has 0 aromatic carbocycles. The number of aryl methyl sites for hydroxylation is 2. The first-order valence-electron chi connectivity index (χ1n) is 8.91. The number of aromatic amines is 1. The quantitative estimate of drug-likeness (QED) is 0.682. The van der Waals surface area contributed by atoms with Gasteiger partial charge in [-0.3, -0.25) is 0 Å². The largest absolute Gasteiger partial charge is 0.477 e. The molecule has 0 saturated carbocycles. The Kier molecular flexibility index (Phi) is 4.17. The molecule has 0 radical (unpaired) electrons. The van der Waals surface area contributed by atoms with Gasteiger partial charge in [0.1, 0.15) is 5.69 Å². The standard InChI is InChI=1S/C18H23N5O2/c1-10-14-13(22-15(10)17(24)25)6-2-4-11-8-20-18(23-16(11)14)21-12-5-3-7-19-9-12/h8,12,19,22H,2-7,9H2,1H3,(H,24,25)(H,20,21,23)/t12-/m0/s1.